The third kappa shape index (κ3) is 10.4. The molecule has 0 fully saturated rings. The smallest absolute Gasteiger partial charge is 0.407 e. The molecule has 1 aromatic carbocycles. The minimum Gasteiger partial charge on any atom is -0.493 e. The first-order chi connectivity index (χ1) is 13.4. The summed E-state index contributed by atoms with van der Waals surface area (Å²) in [6.07, 6.45) is 0.411. The van der Waals surface area contributed by atoms with Crippen molar-refractivity contribution in [3.63, 3.8) is 0 Å². The number of alkyl carbamates (subject to hydrolysis) is 1. The Hall–Kier alpha value is -1.91. The fourth-order valence-electron chi connectivity index (χ4n) is 2.66. The lowest BCUT2D eigenvalue weighted by molar-refractivity contribution is 0.146. The summed E-state index contributed by atoms with van der Waals surface area (Å²) < 4.78 is 15.9. The largest absolute Gasteiger partial charge is 0.493 e. The van der Waals surface area contributed by atoms with Gasteiger partial charge in [0.2, 0.25) is 0 Å². The van der Waals surface area contributed by atoms with Gasteiger partial charge in [-0.25, -0.2) is 4.79 Å². The second-order valence-corrected chi connectivity index (χ2v) is 6.57. The zero-order valence-corrected chi connectivity index (χ0v) is 20.5. The fraction of sp³-hybridized carbons (Fsp3) is 0.600. The first kappa shape index (κ1) is 27.1. The van der Waals surface area contributed by atoms with Crippen LogP contribution in [0.2, 0.25) is 0 Å². The van der Waals surface area contributed by atoms with E-state index in [4.69, 9.17) is 14.2 Å². The lowest BCUT2D eigenvalue weighted by Crippen LogP contribution is -2.46. The summed E-state index contributed by atoms with van der Waals surface area (Å²) in [6.45, 7) is 9.36. The normalized spacial score (nSPS) is 11.9. The summed E-state index contributed by atoms with van der Waals surface area (Å²) in [4.78, 5) is 16.0. The maximum Gasteiger partial charge on any atom is 0.407 e. The van der Waals surface area contributed by atoms with Crippen LogP contribution < -0.4 is 25.4 Å². The molecule has 1 amide bonds. The number of ether oxygens (including phenoxy) is 3. The number of carbonyl (C=O) groups excluding carboxylic acids is 1. The minimum atomic E-state index is -0.408. The maximum absolute atomic E-state index is 11.8. The van der Waals surface area contributed by atoms with Crippen LogP contribution >= 0.6 is 24.0 Å². The molecule has 1 rings (SSSR count). The number of benzene rings is 1. The van der Waals surface area contributed by atoms with Crippen molar-refractivity contribution < 1.29 is 19.0 Å². The summed E-state index contributed by atoms with van der Waals surface area (Å²) in [6, 6.07) is 5.51. The zero-order chi connectivity index (χ0) is 20.9. The first-order valence-electron chi connectivity index (χ1n) is 9.65. The molecule has 1 aromatic rings. The van der Waals surface area contributed by atoms with E-state index in [9.17, 15) is 4.79 Å². The molecule has 0 radical (unpaired) electrons. The van der Waals surface area contributed by atoms with Gasteiger partial charge in [-0.15, -0.1) is 24.0 Å². The summed E-state index contributed by atoms with van der Waals surface area (Å²) in [7, 11) is 3.30. The second-order valence-electron chi connectivity index (χ2n) is 6.57. The lowest BCUT2D eigenvalue weighted by Gasteiger charge is -2.22. The molecule has 0 heterocycles. The van der Waals surface area contributed by atoms with Crippen molar-refractivity contribution in [3.8, 4) is 11.5 Å². The van der Waals surface area contributed by atoms with Crippen LogP contribution in [0.25, 0.3) is 0 Å². The van der Waals surface area contributed by atoms with Gasteiger partial charge in [0.25, 0.3) is 0 Å². The monoisotopic (exact) mass is 522 g/mol. The van der Waals surface area contributed by atoms with E-state index in [1.165, 1.54) is 0 Å². The number of nitrogens with one attached hydrogen (secondary N) is 3. The van der Waals surface area contributed by atoms with Crippen molar-refractivity contribution in [2.75, 3.05) is 39.2 Å². The van der Waals surface area contributed by atoms with Crippen LogP contribution in [-0.4, -0.2) is 52.0 Å². The van der Waals surface area contributed by atoms with Crippen LogP contribution in [0.15, 0.2) is 23.2 Å². The number of amides is 1. The Bertz CT molecular complexity index is 641. The predicted molar refractivity (Wildman–Crippen MR) is 128 cm³/mol. The van der Waals surface area contributed by atoms with Gasteiger partial charge in [0, 0.05) is 31.4 Å². The number of carbonyl (C=O) groups is 1. The maximum atomic E-state index is 11.8. The van der Waals surface area contributed by atoms with Crippen molar-refractivity contribution in [1.29, 1.82) is 0 Å². The molecular formula is C20H35IN4O4. The third-order valence-electron chi connectivity index (χ3n) is 3.82. The molecule has 0 bridgehead atoms. The molecule has 29 heavy (non-hydrogen) atoms. The van der Waals surface area contributed by atoms with Crippen LogP contribution in [0, 0.1) is 5.92 Å². The van der Waals surface area contributed by atoms with Crippen molar-refractivity contribution in [2.24, 2.45) is 10.9 Å². The SMILES string of the molecule is CCOC(=O)NC(CNC(=NC)Nc1ccc(OCC)c(OC)c1)CC(C)C.I. The molecular weight excluding hydrogens is 487 g/mol. The van der Waals surface area contributed by atoms with Gasteiger partial charge in [0.15, 0.2) is 17.5 Å². The number of aliphatic imine (C=N–C) groups is 1. The van der Waals surface area contributed by atoms with Gasteiger partial charge in [0.1, 0.15) is 0 Å². The Balaban J connectivity index is 0.00000784. The van der Waals surface area contributed by atoms with Gasteiger partial charge in [-0.1, -0.05) is 13.8 Å². The summed E-state index contributed by atoms with van der Waals surface area (Å²) >= 11 is 0. The Morgan fingerprint density at radius 1 is 1.17 bits per heavy atom. The van der Waals surface area contributed by atoms with E-state index in [-0.39, 0.29) is 30.0 Å². The van der Waals surface area contributed by atoms with Gasteiger partial charge in [-0.05, 0) is 38.3 Å². The van der Waals surface area contributed by atoms with E-state index in [1.807, 2.05) is 25.1 Å². The van der Waals surface area contributed by atoms with E-state index in [0.29, 0.717) is 43.1 Å². The van der Waals surface area contributed by atoms with E-state index < -0.39 is 6.09 Å². The molecule has 0 aliphatic rings. The van der Waals surface area contributed by atoms with E-state index >= 15 is 0 Å². The van der Waals surface area contributed by atoms with Gasteiger partial charge in [-0.2, -0.15) is 0 Å². The number of hydrogen-bond donors (Lipinski definition) is 3. The van der Waals surface area contributed by atoms with Crippen molar-refractivity contribution >= 4 is 41.7 Å². The topological polar surface area (TPSA) is 93.2 Å². The molecule has 166 valence electrons. The second kappa shape index (κ2) is 15.0. The van der Waals surface area contributed by atoms with Gasteiger partial charge in [0.05, 0.1) is 20.3 Å². The summed E-state index contributed by atoms with van der Waals surface area (Å²) in [5.74, 6) is 2.35. The molecule has 9 heteroatoms. The van der Waals surface area contributed by atoms with Crippen LogP contribution in [0.4, 0.5) is 10.5 Å². The van der Waals surface area contributed by atoms with Gasteiger partial charge in [-0.3, -0.25) is 4.99 Å². The fourth-order valence-corrected chi connectivity index (χ4v) is 2.66. The van der Waals surface area contributed by atoms with E-state index in [2.05, 4.69) is 34.8 Å². The Morgan fingerprint density at radius 3 is 2.45 bits per heavy atom. The Kier molecular flexibility index (Phi) is 14.0. The third-order valence-corrected chi connectivity index (χ3v) is 3.82. The molecule has 8 nitrogen and oxygen atoms in total. The number of methoxy groups -OCH3 is 1. The Morgan fingerprint density at radius 2 is 1.90 bits per heavy atom. The summed E-state index contributed by atoms with van der Waals surface area (Å²) in [5.41, 5.74) is 0.812. The highest BCUT2D eigenvalue weighted by atomic mass is 127. The quantitative estimate of drug-likeness (QED) is 0.246. The van der Waals surface area contributed by atoms with E-state index in [0.717, 1.165) is 12.1 Å². The molecule has 0 saturated heterocycles. The molecule has 0 aromatic heterocycles. The zero-order valence-electron chi connectivity index (χ0n) is 18.2. The molecule has 0 aliphatic carbocycles. The molecule has 1 atom stereocenters. The van der Waals surface area contributed by atoms with E-state index in [1.54, 1.807) is 21.1 Å². The molecule has 0 spiro atoms. The van der Waals surface area contributed by atoms with Crippen molar-refractivity contribution in [2.45, 2.75) is 40.2 Å². The number of anilines is 1. The Labute approximate surface area is 191 Å². The predicted octanol–water partition coefficient (Wildman–Crippen LogP) is 3.86. The number of hydrogen-bond acceptors (Lipinski definition) is 5. The standard InChI is InChI=1S/C20H34N4O4.HI/c1-7-27-17-10-9-15(12-18(17)26-6)23-19(21-5)22-13-16(11-14(3)4)24-20(25)28-8-2;/h9-10,12,14,16H,7-8,11,13H2,1-6H3,(H,24,25)(H2,21,22,23);1H. The molecule has 0 saturated carbocycles. The molecule has 3 N–H and O–H groups in total. The number of nitrogens with zero attached hydrogens (tertiary/aromatic N) is 1. The summed E-state index contributed by atoms with van der Waals surface area (Å²) in [5, 5.41) is 9.35. The number of halogens is 1. The van der Waals surface area contributed by atoms with Crippen LogP contribution in [0.1, 0.15) is 34.1 Å². The lowest BCUT2D eigenvalue weighted by atomic mass is 10.0. The van der Waals surface area contributed by atoms with Crippen molar-refractivity contribution in [1.82, 2.24) is 10.6 Å². The average molecular weight is 522 g/mol. The van der Waals surface area contributed by atoms with Crippen LogP contribution in [-0.2, 0) is 4.74 Å². The first-order valence-corrected chi connectivity index (χ1v) is 9.65. The molecule has 1 unspecified atom stereocenters. The van der Waals surface area contributed by atoms with Gasteiger partial charge < -0.3 is 30.2 Å². The minimum absolute atomic E-state index is 0. The van der Waals surface area contributed by atoms with Crippen molar-refractivity contribution in [3.05, 3.63) is 18.2 Å². The van der Waals surface area contributed by atoms with Crippen LogP contribution in [0.5, 0.6) is 11.5 Å². The molecule has 0 aliphatic heterocycles. The highest BCUT2D eigenvalue weighted by molar-refractivity contribution is 14.0. The van der Waals surface area contributed by atoms with Crippen LogP contribution in [0.3, 0.4) is 0 Å². The number of rotatable bonds is 10. The highest BCUT2D eigenvalue weighted by Crippen LogP contribution is 2.30. The number of guanidine groups is 1. The average Bonchev–Trinajstić information content (AvgIpc) is 2.65. The highest BCUT2D eigenvalue weighted by Gasteiger charge is 2.15. The van der Waals surface area contributed by atoms with Gasteiger partial charge >= 0.3 is 6.09 Å².